The van der Waals surface area contributed by atoms with Gasteiger partial charge in [0.1, 0.15) is 5.75 Å². The Balaban J connectivity index is 1.47. The highest BCUT2D eigenvalue weighted by Gasteiger charge is 2.23. The van der Waals surface area contributed by atoms with Gasteiger partial charge < -0.3 is 20.1 Å². The van der Waals surface area contributed by atoms with E-state index >= 15 is 0 Å². The van der Waals surface area contributed by atoms with Crippen LogP contribution in [-0.2, 0) is 11.3 Å². The summed E-state index contributed by atoms with van der Waals surface area (Å²) in [6.07, 6.45) is 1.61. The Hall–Kier alpha value is -3.77. The number of benzene rings is 3. The van der Waals surface area contributed by atoms with Crippen LogP contribution in [0.1, 0.15) is 21.5 Å². The molecule has 4 rings (SSSR count). The molecule has 7 heteroatoms. The molecule has 0 unspecified atom stereocenters. The number of carbonyl (C=O) groups excluding carboxylic acids is 2. The lowest BCUT2D eigenvalue weighted by Crippen LogP contribution is -2.25. The molecule has 0 atom stereocenters. The predicted octanol–water partition coefficient (Wildman–Crippen LogP) is 4.65. The van der Waals surface area contributed by atoms with Gasteiger partial charge in [-0.1, -0.05) is 35.9 Å². The van der Waals surface area contributed by atoms with E-state index in [2.05, 4.69) is 10.6 Å². The SMILES string of the molecule is COc1cccc(CNC(=O)c2ccc3c(c2)NC(=O)/C(=C/c2cccc(Cl)c2)O3)c1. The Morgan fingerprint density at radius 1 is 1.13 bits per heavy atom. The van der Waals surface area contributed by atoms with Gasteiger partial charge in [0.2, 0.25) is 0 Å². The van der Waals surface area contributed by atoms with Crippen LogP contribution in [0.4, 0.5) is 5.69 Å². The third kappa shape index (κ3) is 4.87. The number of nitrogens with one attached hydrogen (secondary N) is 2. The molecule has 0 saturated heterocycles. The zero-order valence-corrected chi connectivity index (χ0v) is 17.4. The first kappa shape index (κ1) is 20.5. The lowest BCUT2D eigenvalue weighted by atomic mass is 10.1. The van der Waals surface area contributed by atoms with E-state index in [1.54, 1.807) is 49.6 Å². The third-order valence-electron chi connectivity index (χ3n) is 4.67. The maximum Gasteiger partial charge on any atom is 0.291 e. The highest BCUT2D eigenvalue weighted by molar-refractivity contribution is 6.30. The minimum Gasteiger partial charge on any atom is -0.497 e. The van der Waals surface area contributed by atoms with Crippen LogP contribution in [-0.4, -0.2) is 18.9 Å². The Labute approximate surface area is 184 Å². The van der Waals surface area contributed by atoms with Gasteiger partial charge >= 0.3 is 0 Å². The van der Waals surface area contributed by atoms with Crippen molar-refractivity contribution in [2.75, 3.05) is 12.4 Å². The Morgan fingerprint density at radius 2 is 1.97 bits per heavy atom. The summed E-state index contributed by atoms with van der Waals surface area (Å²) in [7, 11) is 1.59. The van der Waals surface area contributed by atoms with E-state index in [0.717, 1.165) is 16.9 Å². The molecule has 0 spiro atoms. The molecule has 3 aromatic carbocycles. The quantitative estimate of drug-likeness (QED) is 0.573. The van der Waals surface area contributed by atoms with E-state index in [4.69, 9.17) is 21.1 Å². The van der Waals surface area contributed by atoms with Crippen LogP contribution in [0.3, 0.4) is 0 Å². The van der Waals surface area contributed by atoms with Crippen LogP contribution in [0.25, 0.3) is 6.08 Å². The molecule has 0 fully saturated rings. The smallest absolute Gasteiger partial charge is 0.291 e. The Kier molecular flexibility index (Phi) is 5.91. The van der Waals surface area contributed by atoms with Crippen LogP contribution < -0.4 is 20.1 Å². The number of amides is 2. The van der Waals surface area contributed by atoms with Gasteiger partial charge in [-0.25, -0.2) is 0 Å². The van der Waals surface area contributed by atoms with Crippen LogP contribution in [0.15, 0.2) is 72.5 Å². The van der Waals surface area contributed by atoms with E-state index in [0.29, 0.717) is 28.6 Å². The molecule has 1 aliphatic rings. The summed E-state index contributed by atoms with van der Waals surface area (Å²) in [5, 5.41) is 6.19. The van der Waals surface area contributed by atoms with Crippen LogP contribution in [0.2, 0.25) is 5.02 Å². The van der Waals surface area contributed by atoms with Gasteiger partial charge in [-0.15, -0.1) is 0 Å². The molecular formula is C24H19ClN2O4. The first-order chi connectivity index (χ1) is 15.0. The fraction of sp³-hybridized carbons (Fsp3) is 0.0833. The largest absolute Gasteiger partial charge is 0.497 e. The summed E-state index contributed by atoms with van der Waals surface area (Å²) in [6, 6.07) is 19.4. The molecule has 2 amide bonds. The van der Waals surface area contributed by atoms with E-state index in [1.807, 2.05) is 30.3 Å². The summed E-state index contributed by atoms with van der Waals surface area (Å²) in [6.45, 7) is 0.350. The number of ether oxygens (including phenoxy) is 2. The van der Waals surface area contributed by atoms with Crippen LogP contribution in [0, 0.1) is 0 Å². The van der Waals surface area contributed by atoms with Crippen molar-refractivity contribution in [1.82, 2.24) is 5.32 Å². The van der Waals surface area contributed by atoms with Gasteiger partial charge in [-0.05, 0) is 59.7 Å². The zero-order chi connectivity index (χ0) is 21.8. The number of methoxy groups -OCH3 is 1. The minimum absolute atomic E-state index is 0.144. The Bertz CT molecular complexity index is 1190. The summed E-state index contributed by atoms with van der Waals surface area (Å²) in [4.78, 5) is 25.0. The molecule has 2 N–H and O–H groups in total. The first-order valence-electron chi connectivity index (χ1n) is 9.53. The number of fused-ring (bicyclic) bond motifs is 1. The highest BCUT2D eigenvalue weighted by Crippen LogP contribution is 2.32. The van der Waals surface area contributed by atoms with Gasteiger partial charge in [0.15, 0.2) is 11.5 Å². The molecular weight excluding hydrogens is 416 g/mol. The monoisotopic (exact) mass is 434 g/mol. The molecule has 0 aliphatic carbocycles. The van der Waals surface area contributed by atoms with Crippen LogP contribution >= 0.6 is 11.6 Å². The van der Waals surface area contributed by atoms with Crippen LogP contribution in [0.5, 0.6) is 11.5 Å². The second kappa shape index (κ2) is 8.93. The van der Waals surface area contributed by atoms with E-state index in [-0.39, 0.29) is 11.7 Å². The number of hydrogen-bond acceptors (Lipinski definition) is 4. The average Bonchev–Trinajstić information content (AvgIpc) is 2.78. The fourth-order valence-corrected chi connectivity index (χ4v) is 3.31. The van der Waals surface area contributed by atoms with Crippen molar-refractivity contribution >= 4 is 35.2 Å². The highest BCUT2D eigenvalue weighted by atomic mass is 35.5. The predicted molar refractivity (Wildman–Crippen MR) is 119 cm³/mol. The molecule has 31 heavy (non-hydrogen) atoms. The van der Waals surface area contributed by atoms with Crippen molar-refractivity contribution in [3.05, 3.63) is 94.2 Å². The van der Waals surface area contributed by atoms with Crippen molar-refractivity contribution in [3.8, 4) is 11.5 Å². The topological polar surface area (TPSA) is 76.7 Å². The molecule has 0 saturated carbocycles. The van der Waals surface area contributed by atoms with Crippen molar-refractivity contribution in [2.45, 2.75) is 6.54 Å². The van der Waals surface area contributed by atoms with Crippen molar-refractivity contribution in [3.63, 3.8) is 0 Å². The second-order valence-electron chi connectivity index (χ2n) is 6.86. The number of carbonyl (C=O) groups is 2. The average molecular weight is 435 g/mol. The maximum atomic E-state index is 12.6. The van der Waals surface area contributed by atoms with Gasteiger partial charge in [0.25, 0.3) is 11.8 Å². The number of anilines is 1. The molecule has 0 radical (unpaired) electrons. The second-order valence-corrected chi connectivity index (χ2v) is 7.30. The van der Waals surface area contributed by atoms with E-state index in [1.165, 1.54) is 0 Å². The molecule has 3 aromatic rings. The summed E-state index contributed by atoms with van der Waals surface area (Å²) in [5.74, 6) is 0.658. The zero-order valence-electron chi connectivity index (χ0n) is 16.6. The van der Waals surface area contributed by atoms with E-state index in [9.17, 15) is 9.59 Å². The van der Waals surface area contributed by atoms with Crippen molar-refractivity contribution < 1.29 is 19.1 Å². The van der Waals surface area contributed by atoms with E-state index < -0.39 is 5.91 Å². The fourth-order valence-electron chi connectivity index (χ4n) is 3.12. The van der Waals surface area contributed by atoms with Gasteiger partial charge in [-0.2, -0.15) is 0 Å². The number of halogens is 1. The maximum absolute atomic E-state index is 12.6. The lowest BCUT2D eigenvalue weighted by molar-refractivity contribution is -0.115. The standard InChI is InChI=1S/C24H19ClN2O4/c1-30-19-7-3-5-16(11-19)14-26-23(28)17-8-9-21-20(13-17)27-24(29)22(31-21)12-15-4-2-6-18(25)10-15/h2-13H,14H2,1H3,(H,26,28)(H,27,29)/b22-12-. The number of rotatable bonds is 5. The molecule has 6 nitrogen and oxygen atoms in total. The minimum atomic E-state index is -0.401. The molecule has 1 heterocycles. The number of hydrogen-bond donors (Lipinski definition) is 2. The first-order valence-corrected chi connectivity index (χ1v) is 9.91. The van der Waals surface area contributed by atoms with Gasteiger partial charge in [0.05, 0.1) is 12.8 Å². The lowest BCUT2D eigenvalue weighted by Gasteiger charge is -2.20. The van der Waals surface area contributed by atoms with Crippen molar-refractivity contribution in [2.24, 2.45) is 0 Å². The summed E-state index contributed by atoms with van der Waals surface area (Å²) in [5.41, 5.74) is 2.50. The summed E-state index contributed by atoms with van der Waals surface area (Å²) < 4.78 is 10.9. The molecule has 156 valence electrons. The molecule has 0 bridgehead atoms. The third-order valence-corrected chi connectivity index (χ3v) is 4.90. The molecule has 1 aliphatic heterocycles. The summed E-state index contributed by atoms with van der Waals surface area (Å²) >= 11 is 5.99. The Morgan fingerprint density at radius 3 is 2.77 bits per heavy atom. The van der Waals surface area contributed by atoms with Crippen molar-refractivity contribution in [1.29, 1.82) is 0 Å². The van der Waals surface area contributed by atoms with Gasteiger partial charge in [0, 0.05) is 17.1 Å². The normalized spacial score (nSPS) is 13.7. The molecule has 0 aromatic heterocycles. The van der Waals surface area contributed by atoms with Gasteiger partial charge in [-0.3, -0.25) is 9.59 Å².